The number of ether oxygens (including phenoxy) is 1. The average molecular weight is 355 g/mol. The fraction of sp³-hybridized carbons (Fsp3) is 0.611. The third-order valence-electron chi connectivity index (χ3n) is 3.80. The van der Waals surface area contributed by atoms with Crippen LogP contribution in [-0.2, 0) is 26.9 Å². The normalized spacial score (nSPS) is 22.1. The predicted molar refractivity (Wildman–Crippen MR) is 93.2 cm³/mol. The molecule has 3 atom stereocenters. The highest BCUT2D eigenvalue weighted by molar-refractivity contribution is 7.84. The molecule has 0 fully saturated rings. The van der Waals surface area contributed by atoms with E-state index in [0.29, 0.717) is 12.0 Å². The summed E-state index contributed by atoms with van der Waals surface area (Å²) < 4.78 is 34.8. The van der Waals surface area contributed by atoms with E-state index in [1.807, 2.05) is 20.8 Å². The Kier molecular flexibility index (Phi) is 5.21. The first-order valence-corrected chi connectivity index (χ1v) is 9.23. The molecule has 1 aliphatic rings. The molecule has 0 saturated heterocycles. The van der Waals surface area contributed by atoms with Crippen molar-refractivity contribution in [2.45, 2.75) is 64.4 Å². The molecule has 0 spiro atoms. The van der Waals surface area contributed by atoms with Gasteiger partial charge in [-0.15, -0.1) is 0 Å². The number of halogens is 1. The van der Waals surface area contributed by atoms with Crippen molar-refractivity contribution in [1.82, 2.24) is 4.72 Å². The zero-order valence-corrected chi connectivity index (χ0v) is 15.9. The van der Waals surface area contributed by atoms with Crippen LogP contribution in [0.5, 0.6) is 0 Å². The maximum Gasteiger partial charge on any atom is 0.311 e. The molecule has 0 bridgehead atoms. The molecular weight excluding hydrogens is 329 g/mol. The van der Waals surface area contributed by atoms with Crippen molar-refractivity contribution in [1.29, 1.82) is 0 Å². The molecule has 24 heavy (non-hydrogen) atoms. The van der Waals surface area contributed by atoms with E-state index in [1.165, 1.54) is 6.07 Å². The van der Waals surface area contributed by atoms with Gasteiger partial charge in [-0.1, -0.05) is 12.1 Å². The maximum atomic E-state index is 14.4. The molecule has 1 N–H and O–H groups in total. The highest BCUT2D eigenvalue weighted by atomic mass is 32.2. The molecule has 4 nitrogen and oxygen atoms in total. The van der Waals surface area contributed by atoms with Crippen LogP contribution < -0.4 is 4.72 Å². The number of carbonyl (C=O) groups is 1. The lowest BCUT2D eigenvalue weighted by atomic mass is 10.0. The van der Waals surface area contributed by atoms with Gasteiger partial charge in [0.2, 0.25) is 0 Å². The van der Waals surface area contributed by atoms with Gasteiger partial charge in [-0.3, -0.25) is 4.79 Å². The highest BCUT2D eigenvalue weighted by Gasteiger charge is 2.42. The van der Waals surface area contributed by atoms with Gasteiger partial charge in [0.05, 0.1) is 27.7 Å². The maximum absolute atomic E-state index is 14.4. The Bertz CT molecular complexity index is 661. The van der Waals surface area contributed by atoms with Crippen LogP contribution in [0.15, 0.2) is 18.2 Å². The summed E-state index contributed by atoms with van der Waals surface area (Å²) in [6.07, 6.45) is 0.376. The summed E-state index contributed by atoms with van der Waals surface area (Å²) in [5.41, 5.74) is 0.554. The molecular formula is C18H26FNO3S. The number of fused-ring (bicyclic) bond motifs is 1. The number of hydrogen-bond acceptors (Lipinski definition) is 3. The van der Waals surface area contributed by atoms with E-state index < -0.39 is 39.3 Å². The summed E-state index contributed by atoms with van der Waals surface area (Å²) in [5, 5.41) is 0. The van der Waals surface area contributed by atoms with E-state index in [2.05, 4.69) is 4.72 Å². The van der Waals surface area contributed by atoms with Crippen LogP contribution in [0.4, 0.5) is 4.39 Å². The fourth-order valence-electron chi connectivity index (χ4n) is 2.69. The Balaban J connectivity index is 2.36. The summed E-state index contributed by atoms with van der Waals surface area (Å²) in [6.45, 7) is 10.9. The minimum Gasteiger partial charge on any atom is -0.460 e. The minimum atomic E-state index is -1.43. The number of benzene rings is 1. The van der Waals surface area contributed by atoms with Crippen molar-refractivity contribution in [2.24, 2.45) is 5.92 Å². The monoisotopic (exact) mass is 355 g/mol. The lowest BCUT2D eigenvalue weighted by Gasteiger charge is -2.28. The molecule has 6 heteroatoms. The Morgan fingerprint density at radius 2 is 1.88 bits per heavy atom. The first-order valence-electron chi connectivity index (χ1n) is 8.08. The number of hydrogen-bond donors (Lipinski definition) is 1. The van der Waals surface area contributed by atoms with Gasteiger partial charge in [0.1, 0.15) is 11.4 Å². The Morgan fingerprint density at radius 1 is 1.25 bits per heavy atom. The fourth-order valence-corrected chi connectivity index (χ4v) is 3.56. The molecule has 134 valence electrons. The zero-order valence-electron chi connectivity index (χ0n) is 15.1. The highest BCUT2D eigenvalue weighted by Crippen LogP contribution is 2.39. The molecule has 1 aliphatic carbocycles. The molecule has 0 unspecified atom stereocenters. The minimum absolute atomic E-state index is 0.376. The second-order valence-corrected chi connectivity index (χ2v) is 10.1. The van der Waals surface area contributed by atoms with Gasteiger partial charge in [-0.25, -0.2) is 13.3 Å². The van der Waals surface area contributed by atoms with Crippen molar-refractivity contribution in [3.8, 4) is 0 Å². The van der Waals surface area contributed by atoms with Crippen molar-refractivity contribution in [3.63, 3.8) is 0 Å². The lowest BCUT2D eigenvalue weighted by Crippen LogP contribution is -2.40. The Labute approximate surface area is 145 Å². The molecule has 0 heterocycles. The standard InChI is InChI=1S/C18H26FNO3S/c1-17(2,3)23-16(21)12-10-11-8-7-9-13(19)14(11)15(12)20-24(22)18(4,5)6/h7-9,12,15,20H,10H2,1-6H3/t12-,15-,24+/m1/s1. The molecule has 2 rings (SSSR count). The van der Waals surface area contributed by atoms with Crippen LogP contribution in [0.25, 0.3) is 0 Å². The molecule has 0 saturated carbocycles. The molecule has 0 aliphatic heterocycles. The van der Waals surface area contributed by atoms with E-state index >= 15 is 0 Å². The van der Waals surface area contributed by atoms with Gasteiger partial charge in [-0.2, -0.15) is 0 Å². The quantitative estimate of drug-likeness (QED) is 0.845. The summed E-state index contributed by atoms with van der Waals surface area (Å²) in [4.78, 5) is 12.6. The Hall–Kier alpha value is -1.27. The Morgan fingerprint density at radius 3 is 2.42 bits per heavy atom. The number of carbonyl (C=O) groups excluding carboxylic acids is 1. The topological polar surface area (TPSA) is 55.4 Å². The predicted octanol–water partition coefficient (Wildman–Crippen LogP) is 3.43. The van der Waals surface area contributed by atoms with Crippen molar-refractivity contribution >= 4 is 17.0 Å². The summed E-state index contributed by atoms with van der Waals surface area (Å²) in [6, 6.07) is 4.14. The van der Waals surface area contributed by atoms with Crippen LogP contribution >= 0.6 is 0 Å². The second-order valence-electron chi connectivity index (χ2n) is 8.13. The summed E-state index contributed by atoms with van der Waals surface area (Å²) in [7, 11) is -1.43. The van der Waals surface area contributed by atoms with Crippen LogP contribution in [-0.4, -0.2) is 20.5 Å². The van der Waals surface area contributed by atoms with Crippen LogP contribution in [0.3, 0.4) is 0 Å². The first-order chi connectivity index (χ1) is 10.9. The first kappa shape index (κ1) is 19.1. The van der Waals surface area contributed by atoms with Crippen LogP contribution in [0, 0.1) is 11.7 Å². The number of esters is 1. The van der Waals surface area contributed by atoms with Gasteiger partial charge in [0, 0.05) is 5.56 Å². The summed E-state index contributed by atoms with van der Waals surface area (Å²) in [5.74, 6) is -1.38. The number of rotatable bonds is 3. The molecule has 0 amide bonds. The van der Waals surface area contributed by atoms with E-state index in [0.717, 1.165) is 5.56 Å². The molecule has 1 aromatic carbocycles. The van der Waals surface area contributed by atoms with Gasteiger partial charge < -0.3 is 4.74 Å². The van der Waals surface area contributed by atoms with Gasteiger partial charge in [0.25, 0.3) is 0 Å². The van der Waals surface area contributed by atoms with Crippen molar-refractivity contribution in [3.05, 3.63) is 35.1 Å². The van der Waals surface area contributed by atoms with E-state index in [9.17, 15) is 13.4 Å². The lowest BCUT2D eigenvalue weighted by molar-refractivity contribution is -0.160. The average Bonchev–Trinajstić information content (AvgIpc) is 2.76. The van der Waals surface area contributed by atoms with Crippen molar-refractivity contribution in [2.75, 3.05) is 0 Å². The third kappa shape index (κ3) is 4.22. The van der Waals surface area contributed by atoms with E-state index in [1.54, 1.807) is 32.9 Å². The zero-order chi connectivity index (χ0) is 18.3. The van der Waals surface area contributed by atoms with Gasteiger partial charge in [-0.05, 0) is 59.6 Å². The molecule has 0 aromatic heterocycles. The van der Waals surface area contributed by atoms with Gasteiger partial charge in [0.15, 0.2) is 0 Å². The summed E-state index contributed by atoms with van der Waals surface area (Å²) >= 11 is 0. The second kappa shape index (κ2) is 6.56. The SMILES string of the molecule is CC(C)(C)OC(=O)[C@@H]1Cc2cccc(F)c2[C@@H]1N[S@@](=O)C(C)(C)C. The number of nitrogens with one attached hydrogen (secondary N) is 1. The largest absolute Gasteiger partial charge is 0.460 e. The van der Waals surface area contributed by atoms with Crippen LogP contribution in [0.2, 0.25) is 0 Å². The molecule has 0 radical (unpaired) electrons. The smallest absolute Gasteiger partial charge is 0.311 e. The van der Waals surface area contributed by atoms with E-state index in [-0.39, 0.29) is 5.82 Å². The van der Waals surface area contributed by atoms with Gasteiger partial charge >= 0.3 is 5.97 Å². The third-order valence-corrected chi connectivity index (χ3v) is 5.38. The molecule has 1 aromatic rings. The van der Waals surface area contributed by atoms with Crippen LogP contribution in [0.1, 0.15) is 58.7 Å². The van der Waals surface area contributed by atoms with Crippen molar-refractivity contribution < 1.29 is 18.1 Å². The van der Waals surface area contributed by atoms with E-state index in [4.69, 9.17) is 4.74 Å².